The third-order valence-electron chi connectivity index (χ3n) is 5.46. The van der Waals surface area contributed by atoms with Gasteiger partial charge in [-0.25, -0.2) is 4.79 Å². The van der Waals surface area contributed by atoms with Gasteiger partial charge in [0.2, 0.25) is 5.91 Å². The fraction of sp³-hybridized carbons (Fsp3) is 0.208. The summed E-state index contributed by atoms with van der Waals surface area (Å²) < 4.78 is 10.0. The van der Waals surface area contributed by atoms with E-state index < -0.39 is 12.0 Å². The molecule has 7 heteroatoms. The Hall–Kier alpha value is -3.87. The van der Waals surface area contributed by atoms with E-state index in [0.29, 0.717) is 24.2 Å². The van der Waals surface area contributed by atoms with Crippen LogP contribution in [0.4, 0.5) is 5.69 Å². The third kappa shape index (κ3) is 4.07. The molecule has 0 aliphatic carbocycles. The van der Waals surface area contributed by atoms with Crippen molar-refractivity contribution in [3.63, 3.8) is 0 Å². The summed E-state index contributed by atoms with van der Waals surface area (Å²) in [6.07, 6.45) is 1.81. The molecular weight excluding hydrogens is 396 g/mol. The first-order valence-corrected chi connectivity index (χ1v) is 9.89. The zero-order valence-corrected chi connectivity index (χ0v) is 17.3. The Kier molecular flexibility index (Phi) is 5.58. The molecule has 3 aromatic rings. The maximum absolute atomic E-state index is 13.3. The van der Waals surface area contributed by atoms with E-state index in [1.54, 1.807) is 30.3 Å². The summed E-state index contributed by atoms with van der Waals surface area (Å²) >= 11 is 0. The number of amides is 2. The minimum absolute atomic E-state index is 0.182. The number of nitrogens with one attached hydrogen (secondary N) is 1. The number of nitrogens with zero attached hydrogens (tertiary/aromatic N) is 1. The lowest BCUT2D eigenvalue weighted by molar-refractivity contribution is -0.121. The summed E-state index contributed by atoms with van der Waals surface area (Å²) in [7, 11) is 1.30. The van der Waals surface area contributed by atoms with Gasteiger partial charge in [0.1, 0.15) is 6.04 Å². The van der Waals surface area contributed by atoms with Gasteiger partial charge >= 0.3 is 5.97 Å². The van der Waals surface area contributed by atoms with Crippen molar-refractivity contribution >= 4 is 23.5 Å². The molecule has 0 saturated heterocycles. The maximum atomic E-state index is 13.3. The van der Waals surface area contributed by atoms with Gasteiger partial charge in [-0.1, -0.05) is 30.3 Å². The van der Waals surface area contributed by atoms with E-state index in [9.17, 15) is 14.4 Å². The number of anilines is 1. The summed E-state index contributed by atoms with van der Waals surface area (Å²) in [6, 6.07) is 15.2. The van der Waals surface area contributed by atoms with Crippen LogP contribution in [0.25, 0.3) is 0 Å². The molecule has 1 aliphatic rings. The summed E-state index contributed by atoms with van der Waals surface area (Å²) in [5, 5.41) is 2.89. The number of fused-ring (bicyclic) bond motifs is 1. The number of furan rings is 1. The van der Waals surface area contributed by atoms with Gasteiger partial charge in [0, 0.05) is 18.7 Å². The first kappa shape index (κ1) is 20.4. The van der Waals surface area contributed by atoms with Crippen molar-refractivity contribution in [1.29, 1.82) is 0 Å². The molecule has 2 aromatic carbocycles. The van der Waals surface area contributed by atoms with Gasteiger partial charge in [0.25, 0.3) is 5.91 Å². The maximum Gasteiger partial charge on any atom is 0.337 e. The normalized spacial score (nSPS) is 15.2. The molecule has 1 N–H and O–H groups in total. The Labute approximate surface area is 179 Å². The Bertz CT molecular complexity index is 1140. The highest BCUT2D eigenvalue weighted by Crippen LogP contribution is 2.27. The molecular formula is C24H22N2O5. The van der Waals surface area contributed by atoms with E-state index >= 15 is 0 Å². The van der Waals surface area contributed by atoms with Crippen LogP contribution < -0.4 is 5.32 Å². The van der Waals surface area contributed by atoms with Crippen LogP contribution in [-0.4, -0.2) is 35.8 Å². The first-order valence-electron chi connectivity index (χ1n) is 9.89. The summed E-state index contributed by atoms with van der Waals surface area (Å²) in [5.74, 6) is -0.989. The van der Waals surface area contributed by atoms with Gasteiger partial charge in [-0.15, -0.1) is 0 Å². The number of esters is 1. The Morgan fingerprint density at radius 1 is 1.06 bits per heavy atom. The van der Waals surface area contributed by atoms with Crippen LogP contribution in [0.2, 0.25) is 0 Å². The molecule has 0 fully saturated rings. The van der Waals surface area contributed by atoms with E-state index in [1.807, 2.05) is 31.2 Å². The second-order valence-corrected chi connectivity index (χ2v) is 7.41. The van der Waals surface area contributed by atoms with Crippen LogP contribution in [0.1, 0.15) is 37.6 Å². The molecule has 4 rings (SSSR count). The Balaban J connectivity index is 1.64. The van der Waals surface area contributed by atoms with E-state index in [2.05, 4.69) is 5.32 Å². The van der Waals surface area contributed by atoms with Crippen LogP contribution in [0.5, 0.6) is 0 Å². The lowest BCUT2D eigenvalue weighted by Gasteiger charge is -2.35. The number of aryl methyl sites for hydroxylation is 1. The number of hydrogen-bond acceptors (Lipinski definition) is 5. The summed E-state index contributed by atoms with van der Waals surface area (Å²) in [5.41, 5.74) is 3.64. The third-order valence-corrected chi connectivity index (χ3v) is 5.46. The van der Waals surface area contributed by atoms with Crippen molar-refractivity contribution in [1.82, 2.24) is 4.90 Å². The lowest BCUT2D eigenvalue weighted by atomic mass is 9.93. The number of methoxy groups -OCH3 is 1. The average molecular weight is 418 g/mol. The molecule has 31 heavy (non-hydrogen) atoms. The summed E-state index contributed by atoms with van der Waals surface area (Å²) in [6.45, 7) is 2.13. The minimum atomic E-state index is -0.728. The van der Waals surface area contributed by atoms with Gasteiger partial charge < -0.3 is 19.4 Å². The molecule has 1 aliphatic heterocycles. The molecule has 0 bridgehead atoms. The second kappa shape index (κ2) is 8.47. The average Bonchev–Trinajstić information content (AvgIpc) is 3.33. The predicted molar refractivity (Wildman–Crippen MR) is 114 cm³/mol. The standard InChI is InChI=1S/C24H22N2O5/c1-15-9-10-17(24(29)30-2)12-19(15)25-22(27)20-13-16-6-3-4-7-18(16)14-26(20)23(28)21-8-5-11-31-21/h3-12,20H,13-14H2,1-2H3,(H,25,27). The van der Waals surface area contributed by atoms with Gasteiger partial charge in [0.05, 0.1) is 18.9 Å². The molecule has 1 unspecified atom stereocenters. The second-order valence-electron chi connectivity index (χ2n) is 7.41. The molecule has 0 saturated carbocycles. The van der Waals surface area contributed by atoms with Crippen molar-refractivity contribution in [3.05, 3.63) is 88.9 Å². The molecule has 7 nitrogen and oxygen atoms in total. The van der Waals surface area contributed by atoms with Crippen molar-refractivity contribution in [2.24, 2.45) is 0 Å². The fourth-order valence-electron chi connectivity index (χ4n) is 3.73. The zero-order chi connectivity index (χ0) is 22.0. The van der Waals surface area contributed by atoms with Crippen LogP contribution in [0, 0.1) is 6.92 Å². The Morgan fingerprint density at radius 3 is 2.55 bits per heavy atom. The lowest BCUT2D eigenvalue weighted by Crippen LogP contribution is -2.50. The number of ether oxygens (including phenoxy) is 1. The predicted octanol–water partition coefficient (Wildman–Crippen LogP) is 3.58. The molecule has 2 heterocycles. The van der Waals surface area contributed by atoms with E-state index in [-0.39, 0.29) is 17.6 Å². The van der Waals surface area contributed by atoms with Crippen LogP contribution in [-0.2, 0) is 22.5 Å². The van der Waals surface area contributed by atoms with E-state index in [0.717, 1.165) is 16.7 Å². The smallest absolute Gasteiger partial charge is 0.337 e. The van der Waals surface area contributed by atoms with Crippen LogP contribution >= 0.6 is 0 Å². The quantitative estimate of drug-likeness (QED) is 0.654. The minimum Gasteiger partial charge on any atom is -0.465 e. The number of benzene rings is 2. The van der Waals surface area contributed by atoms with Crippen molar-refractivity contribution < 1.29 is 23.5 Å². The molecule has 1 aromatic heterocycles. The van der Waals surface area contributed by atoms with Crippen LogP contribution in [0.15, 0.2) is 65.3 Å². The largest absolute Gasteiger partial charge is 0.465 e. The number of rotatable bonds is 4. The van der Waals surface area contributed by atoms with Crippen molar-refractivity contribution in [3.8, 4) is 0 Å². The zero-order valence-electron chi connectivity index (χ0n) is 17.3. The van der Waals surface area contributed by atoms with Crippen molar-refractivity contribution in [2.75, 3.05) is 12.4 Å². The highest BCUT2D eigenvalue weighted by Gasteiger charge is 2.36. The molecule has 1 atom stereocenters. The molecule has 158 valence electrons. The molecule has 0 radical (unpaired) electrons. The van der Waals surface area contributed by atoms with Gasteiger partial charge in [0.15, 0.2) is 5.76 Å². The Morgan fingerprint density at radius 2 is 1.84 bits per heavy atom. The highest BCUT2D eigenvalue weighted by atomic mass is 16.5. The van der Waals surface area contributed by atoms with E-state index in [1.165, 1.54) is 18.3 Å². The van der Waals surface area contributed by atoms with Gasteiger partial charge in [-0.05, 0) is 47.9 Å². The van der Waals surface area contributed by atoms with Crippen molar-refractivity contribution in [2.45, 2.75) is 25.9 Å². The van der Waals surface area contributed by atoms with E-state index in [4.69, 9.17) is 9.15 Å². The first-order chi connectivity index (χ1) is 15.0. The highest BCUT2D eigenvalue weighted by molar-refractivity contribution is 6.01. The fourth-order valence-corrected chi connectivity index (χ4v) is 3.73. The monoisotopic (exact) mass is 418 g/mol. The topological polar surface area (TPSA) is 88.9 Å². The number of carbonyl (C=O) groups is 3. The SMILES string of the molecule is COC(=O)c1ccc(C)c(NC(=O)C2Cc3ccccc3CN2C(=O)c2ccco2)c1. The number of carbonyl (C=O) groups excluding carboxylic acids is 3. The summed E-state index contributed by atoms with van der Waals surface area (Å²) in [4.78, 5) is 39.8. The molecule has 0 spiro atoms. The molecule has 2 amide bonds. The van der Waals surface area contributed by atoms with Crippen LogP contribution in [0.3, 0.4) is 0 Å². The van der Waals surface area contributed by atoms with Gasteiger partial charge in [-0.2, -0.15) is 0 Å². The van der Waals surface area contributed by atoms with Gasteiger partial charge in [-0.3, -0.25) is 9.59 Å². The number of hydrogen-bond donors (Lipinski definition) is 1.